The van der Waals surface area contributed by atoms with Gasteiger partial charge in [0.1, 0.15) is 24.2 Å². The van der Waals surface area contributed by atoms with E-state index in [2.05, 4.69) is 26.6 Å². The van der Waals surface area contributed by atoms with Crippen molar-refractivity contribution in [1.29, 1.82) is 0 Å². The van der Waals surface area contributed by atoms with Crippen molar-refractivity contribution >= 4 is 29.5 Å². The molecule has 0 radical (unpaired) electrons. The number of rotatable bonds is 9. The number of hydrogen-bond donors (Lipinski definition) is 5. The smallest absolute Gasteiger partial charge is 0.242 e. The van der Waals surface area contributed by atoms with Crippen molar-refractivity contribution in [1.82, 2.24) is 26.6 Å². The van der Waals surface area contributed by atoms with E-state index in [9.17, 15) is 24.0 Å². The number of carbonyl (C=O) groups excluding carboxylic acids is 5. The van der Waals surface area contributed by atoms with Gasteiger partial charge in [0.25, 0.3) is 0 Å². The van der Waals surface area contributed by atoms with Crippen molar-refractivity contribution in [2.45, 2.75) is 65.7 Å². The first-order valence-corrected chi connectivity index (χ1v) is 8.45. The molecule has 0 aliphatic carbocycles. The second-order valence-electron chi connectivity index (χ2n) is 6.01. The lowest BCUT2D eigenvalue weighted by Crippen LogP contribution is -2.56. The van der Waals surface area contributed by atoms with Crippen molar-refractivity contribution in [2.24, 2.45) is 0 Å². The Bertz CT molecular complexity index is 551. The van der Waals surface area contributed by atoms with Crippen LogP contribution in [0.4, 0.5) is 0 Å². The average Bonchev–Trinajstić information content (AvgIpc) is 2.53. The van der Waals surface area contributed by atoms with E-state index in [0.29, 0.717) is 6.54 Å². The predicted molar refractivity (Wildman–Crippen MR) is 94.8 cm³/mol. The Balaban J connectivity index is 4.51. The molecule has 5 N–H and O–H groups in total. The number of carbonyl (C=O) groups is 5. The van der Waals surface area contributed by atoms with Crippen LogP contribution in [0.3, 0.4) is 0 Å². The zero-order chi connectivity index (χ0) is 20.4. The Morgan fingerprint density at radius 2 is 0.923 bits per heavy atom. The van der Waals surface area contributed by atoms with Gasteiger partial charge >= 0.3 is 0 Å². The summed E-state index contributed by atoms with van der Waals surface area (Å²) in [5.41, 5.74) is 0. The lowest BCUT2D eigenvalue weighted by molar-refractivity contribution is -0.133. The first-order chi connectivity index (χ1) is 12.0. The number of likely N-dealkylation sites (N-methyl/N-ethyl adjacent to an activating group) is 1. The van der Waals surface area contributed by atoms with Crippen LogP contribution < -0.4 is 26.6 Å². The van der Waals surface area contributed by atoms with E-state index in [-0.39, 0.29) is 11.8 Å². The summed E-state index contributed by atoms with van der Waals surface area (Å²) in [4.78, 5) is 58.5. The fraction of sp³-hybridized carbons (Fsp3) is 0.688. The van der Waals surface area contributed by atoms with Gasteiger partial charge in [0.2, 0.25) is 29.5 Å². The third-order valence-electron chi connectivity index (χ3n) is 3.42. The fourth-order valence-corrected chi connectivity index (χ4v) is 1.91. The highest BCUT2D eigenvalue weighted by molar-refractivity contribution is 5.94. The molecule has 0 bridgehead atoms. The number of amides is 5. The molecule has 0 fully saturated rings. The normalized spacial score (nSPS) is 14.8. The molecule has 4 unspecified atom stereocenters. The molecule has 0 aliphatic heterocycles. The Morgan fingerprint density at radius 3 is 1.23 bits per heavy atom. The van der Waals surface area contributed by atoms with Crippen LogP contribution in [-0.2, 0) is 24.0 Å². The molecular formula is C16H29N5O5. The monoisotopic (exact) mass is 371 g/mol. The lowest BCUT2D eigenvalue weighted by Gasteiger charge is -2.21. The van der Waals surface area contributed by atoms with E-state index < -0.39 is 41.9 Å². The van der Waals surface area contributed by atoms with Crippen molar-refractivity contribution in [3.63, 3.8) is 0 Å². The zero-order valence-electron chi connectivity index (χ0n) is 16.1. The minimum Gasteiger partial charge on any atom is -0.355 e. The van der Waals surface area contributed by atoms with Gasteiger partial charge in [-0.3, -0.25) is 24.0 Å². The molecule has 0 aromatic heterocycles. The topological polar surface area (TPSA) is 146 Å². The highest BCUT2D eigenvalue weighted by Gasteiger charge is 2.24. The fourth-order valence-electron chi connectivity index (χ4n) is 1.91. The van der Waals surface area contributed by atoms with Gasteiger partial charge in [0.15, 0.2) is 0 Å². The predicted octanol–water partition coefficient (Wildman–Crippen LogP) is -1.84. The molecule has 4 atom stereocenters. The summed E-state index contributed by atoms with van der Waals surface area (Å²) >= 11 is 0. The lowest BCUT2D eigenvalue weighted by atomic mass is 10.2. The summed E-state index contributed by atoms with van der Waals surface area (Å²) in [7, 11) is 0. The quantitative estimate of drug-likeness (QED) is 0.323. The van der Waals surface area contributed by atoms with E-state index in [4.69, 9.17) is 0 Å². The van der Waals surface area contributed by atoms with Crippen LogP contribution in [0.5, 0.6) is 0 Å². The first-order valence-electron chi connectivity index (χ1n) is 8.45. The van der Waals surface area contributed by atoms with Crippen molar-refractivity contribution in [3.8, 4) is 0 Å². The molecular weight excluding hydrogens is 342 g/mol. The maximum absolute atomic E-state index is 12.1. The third-order valence-corrected chi connectivity index (χ3v) is 3.42. The SMILES string of the molecule is CCNC(=O)C(C)NC(=O)C(C)NC(=O)C(C)NC(=O)C(C)NC(C)=O. The highest BCUT2D eigenvalue weighted by atomic mass is 16.2. The van der Waals surface area contributed by atoms with Gasteiger partial charge in [-0.25, -0.2) is 0 Å². The van der Waals surface area contributed by atoms with E-state index in [1.54, 1.807) is 6.92 Å². The molecule has 0 aromatic rings. The molecule has 0 heterocycles. The second kappa shape index (κ2) is 11.1. The standard InChI is InChI=1S/C16H29N5O5/c1-7-17-13(23)8(2)19-15(25)10(4)21-16(26)11(5)20-14(24)9(3)18-12(6)22/h8-11H,7H2,1-6H3,(H,17,23)(H,18,22)(H,19,25)(H,20,24)(H,21,26). The van der Waals surface area contributed by atoms with Gasteiger partial charge in [0, 0.05) is 13.5 Å². The molecule has 0 saturated carbocycles. The summed E-state index contributed by atoms with van der Waals surface area (Å²) in [6.07, 6.45) is 0. The van der Waals surface area contributed by atoms with Gasteiger partial charge in [-0.2, -0.15) is 0 Å². The van der Waals surface area contributed by atoms with E-state index >= 15 is 0 Å². The molecule has 148 valence electrons. The van der Waals surface area contributed by atoms with Gasteiger partial charge in [-0.15, -0.1) is 0 Å². The molecule has 10 nitrogen and oxygen atoms in total. The van der Waals surface area contributed by atoms with Crippen LogP contribution in [0.2, 0.25) is 0 Å². The third kappa shape index (κ3) is 8.45. The summed E-state index contributed by atoms with van der Waals surface area (Å²) in [5, 5.41) is 12.4. The van der Waals surface area contributed by atoms with E-state index in [1.807, 2.05) is 0 Å². The van der Waals surface area contributed by atoms with Crippen LogP contribution in [-0.4, -0.2) is 60.2 Å². The molecule has 5 amide bonds. The summed E-state index contributed by atoms with van der Waals surface area (Å²) < 4.78 is 0. The molecule has 0 aromatic carbocycles. The first kappa shape index (κ1) is 23.4. The Kier molecular flexibility index (Phi) is 9.93. The Hall–Kier alpha value is -2.65. The summed E-state index contributed by atoms with van der Waals surface area (Å²) in [6.45, 7) is 9.42. The van der Waals surface area contributed by atoms with Gasteiger partial charge < -0.3 is 26.6 Å². The van der Waals surface area contributed by atoms with Crippen molar-refractivity contribution in [3.05, 3.63) is 0 Å². The minimum absolute atomic E-state index is 0.327. The molecule has 0 rings (SSSR count). The van der Waals surface area contributed by atoms with Crippen LogP contribution in [0.1, 0.15) is 41.5 Å². The maximum Gasteiger partial charge on any atom is 0.242 e. The number of nitrogens with one attached hydrogen (secondary N) is 5. The molecule has 10 heteroatoms. The van der Waals surface area contributed by atoms with Crippen molar-refractivity contribution < 1.29 is 24.0 Å². The van der Waals surface area contributed by atoms with Crippen LogP contribution in [0.25, 0.3) is 0 Å². The maximum atomic E-state index is 12.1. The largest absolute Gasteiger partial charge is 0.355 e. The van der Waals surface area contributed by atoms with Gasteiger partial charge in [-0.1, -0.05) is 0 Å². The van der Waals surface area contributed by atoms with E-state index in [0.717, 1.165) is 0 Å². The minimum atomic E-state index is -0.908. The second-order valence-corrected chi connectivity index (χ2v) is 6.01. The molecule has 0 saturated heterocycles. The number of hydrogen-bond acceptors (Lipinski definition) is 5. The Morgan fingerprint density at radius 1 is 0.615 bits per heavy atom. The summed E-state index contributed by atoms with van der Waals surface area (Å²) in [6, 6.07) is -3.33. The molecule has 26 heavy (non-hydrogen) atoms. The van der Waals surface area contributed by atoms with E-state index in [1.165, 1.54) is 34.6 Å². The Labute approximate surface area is 153 Å². The van der Waals surface area contributed by atoms with Crippen molar-refractivity contribution in [2.75, 3.05) is 6.54 Å². The van der Waals surface area contributed by atoms with Gasteiger partial charge in [0.05, 0.1) is 0 Å². The highest BCUT2D eigenvalue weighted by Crippen LogP contribution is 1.92. The van der Waals surface area contributed by atoms with Crippen LogP contribution in [0, 0.1) is 0 Å². The van der Waals surface area contributed by atoms with Crippen LogP contribution in [0.15, 0.2) is 0 Å². The summed E-state index contributed by atoms with van der Waals surface area (Å²) in [5.74, 6) is -2.31. The van der Waals surface area contributed by atoms with Gasteiger partial charge in [-0.05, 0) is 34.6 Å². The van der Waals surface area contributed by atoms with Crippen LogP contribution >= 0.6 is 0 Å². The zero-order valence-corrected chi connectivity index (χ0v) is 16.1. The molecule has 0 aliphatic rings. The average molecular weight is 371 g/mol. The molecule has 0 spiro atoms.